The molecule has 1 amide bonds. The molecule has 1 saturated heterocycles. The van der Waals surface area contributed by atoms with E-state index in [0.29, 0.717) is 18.2 Å². The van der Waals surface area contributed by atoms with Gasteiger partial charge >= 0.3 is 0 Å². The normalized spacial score (nSPS) is 21.2. The molecule has 116 valence electrons. The lowest BCUT2D eigenvalue weighted by Crippen LogP contribution is -2.31. The summed E-state index contributed by atoms with van der Waals surface area (Å²) in [6.45, 7) is 0. The minimum Gasteiger partial charge on any atom is -0.481 e. The van der Waals surface area contributed by atoms with E-state index in [1.54, 1.807) is 42.2 Å². The maximum atomic E-state index is 12.1. The van der Waals surface area contributed by atoms with Gasteiger partial charge in [-0.25, -0.2) is 4.98 Å². The Morgan fingerprint density at radius 3 is 2.82 bits per heavy atom. The zero-order valence-electron chi connectivity index (χ0n) is 12.7. The van der Waals surface area contributed by atoms with Crippen molar-refractivity contribution in [2.45, 2.75) is 18.5 Å². The second-order valence-electron chi connectivity index (χ2n) is 5.21. The Bertz CT molecular complexity index is 685. The average molecular weight is 302 g/mol. The van der Waals surface area contributed by atoms with Gasteiger partial charge in [-0.2, -0.15) is 10.1 Å². The van der Waals surface area contributed by atoms with Crippen LogP contribution in [0.5, 0.6) is 5.88 Å². The van der Waals surface area contributed by atoms with Gasteiger partial charge in [0, 0.05) is 39.0 Å². The molecule has 22 heavy (non-hydrogen) atoms. The zero-order valence-corrected chi connectivity index (χ0v) is 12.7. The van der Waals surface area contributed by atoms with Gasteiger partial charge in [-0.05, 0) is 6.07 Å². The summed E-state index contributed by atoms with van der Waals surface area (Å²) in [6.07, 6.45) is 3.73. The molecule has 8 heteroatoms. The van der Waals surface area contributed by atoms with Crippen LogP contribution in [-0.2, 0) is 11.8 Å². The monoisotopic (exact) mass is 302 g/mol. The largest absolute Gasteiger partial charge is 0.481 e. The fraction of sp³-hybridized carbons (Fsp3) is 0.429. The van der Waals surface area contributed by atoms with Crippen molar-refractivity contribution < 1.29 is 9.53 Å². The van der Waals surface area contributed by atoms with Crippen LogP contribution in [0, 0.1) is 0 Å². The molecule has 1 aliphatic heterocycles. The number of rotatable bonds is 4. The summed E-state index contributed by atoms with van der Waals surface area (Å²) in [5, 5.41) is 7.43. The van der Waals surface area contributed by atoms with Crippen LogP contribution in [0.2, 0.25) is 0 Å². The summed E-state index contributed by atoms with van der Waals surface area (Å²) in [5.41, 5.74) is 0.966. The maximum absolute atomic E-state index is 12.1. The van der Waals surface area contributed by atoms with Gasteiger partial charge in [-0.15, -0.1) is 0 Å². The molecule has 0 spiro atoms. The Morgan fingerprint density at radius 2 is 2.14 bits per heavy atom. The van der Waals surface area contributed by atoms with E-state index < -0.39 is 0 Å². The minimum absolute atomic E-state index is 0.0756. The number of aromatic nitrogens is 4. The van der Waals surface area contributed by atoms with Gasteiger partial charge in [-0.1, -0.05) is 0 Å². The molecule has 8 nitrogen and oxygen atoms in total. The zero-order chi connectivity index (χ0) is 15.7. The molecule has 1 fully saturated rings. The van der Waals surface area contributed by atoms with Crippen LogP contribution in [0.4, 0.5) is 5.95 Å². The minimum atomic E-state index is -0.125. The predicted molar refractivity (Wildman–Crippen MR) is 79.3 cm³/mol. The molecule has 2 aromatic heterocycles. The fourth-order valence-corrected chi connectivity index (χ4v) is 2.77. The molecule has 2 aromatic rings. The average Bonchev–Trinajstić information content (AvgIpc) is 3.04. The summed E-state index contributed by atoms with van der Waals surface area (Å²) >= 11 is 0. The van der Waals surface area contributed by atoms with Crippen molar-refractivity contribution in [3.05, 3.63) is 30.2 Å². The summed E-state index contributed by atoms with van der Waals surface area (Å²) in [4.78, 5) is 22.3. The van der Waals surface area contributed by atoms with Crippen LogP contribution in [-0.4, -0.2) is 50.8 Å². The molecule has 0 saturated carbocycles. The van der Waals surface area contributed by atoms with Crippen molar-refractivity contribution in [2.24, 2.45) is 7.05 Å². The molecule has 2 atom stereocenters. The van der Waals surface area contributed by atoms with Crippen molar-refractivity contribution in [3.8, 4) is 5.88 Å². The van der Waals surface area contributed by atoms with Crippen LogP contribution in [0.1, 0.15) is 18.2 Å². The molecular weight excluding hydrogens is 284 g/mol. The number of anilines is 1. The van der Waals surface area contributed by atoms with Crippen LogP contribution >= 0.6 is 0 Å². The van der Waals surface area contributed by atoms with E-state index in [1.807, 2.05) is 13.1 Å². The number of hydrogen-bond acceptors (Lipinski definition) is 6. The summed E-state index contributed by atoms with van der Waals surface area (Å²) in [6, 6.07) is 3.35. The van der Waals surface area contributed by atoms with Crippen LogP contribution < -0.4 is 10.1 Å². The first-order valence-electron chi connectivity index (χ1n) is 6.97. The number of aryl methyl sites for hydroxylation is 1. The van der Waals surface area contributed by atoms with Gasteiger partial charge in [0.2, 0.25) is 17.7 Å². The number of amides is 1. The molecule has 0 unspecified atom stereocenters. The number of nitrogens with one attached hydrogen (secondary N) is 1. The van der Waals surface area contributed by atoms with E-state index in [2.05, 4.69) is 20.4 Å². The number of likely N-dealkylation sites (N-methyl/N-ethyl adjacent to an activating group) is 1. The van der Waals surface area contributed by atoms with E-state index in [1.165, 1.54) is 0 Å². The lowest BCUT2D eigenvalue weighted by atomic mass is 10.1. The first-order valence-corrected chi connectivity index (χ1v) is 6.97. The Balaban J connectivity index is 1.87. The van der Waals surface area contributed by atoms with Gasteiger partial charge in [0.25, 0.3) is 0 Å². The molecular formula is C14H18N6O2. The van der Waals surface area contributed by atoms with E-state index in [-0.39, 0.29) is 18.0 Å². The van der Waals surface area contributed by atoms with E-state index in [4.69, 9.17) is 4.74 Å². The van der Waals surface area contributed by atoms with Crippen molar-refractivity contribution >= 4 is 11.9 Å². The molecule has 1 N–H and O–H groups in total. The third-order valence-electron chi connectivity index (χ3n) is 3.90. The Hall–Kier alpha value is -2.64. The highest BCUT2D eigenvalue weighted by molar-refractivity contribution is 5.80. The summed E-state index contributed by atoms with van der Waals surface area (Å²) in [7, 11) is 5.22. The third kappa shape index (κ3) is 2.47. The number of nitrogens with zero attached hydrogens (tertiary/aromatic N) is 5. The molecule has 0 bridgehead atoms. The highest BCUT2D eigenvalue weighted by Crippen LogP contribution is 2.33. The SMILES string of the molecule is COc1ccnc(N[C@@H]2CC(=O)N(C)[C@H]2c2ccnn2C)n1. The lowest BCUT2D eigenvalue weighted by molar-refractivity contribution is -0.127. The Kier molecular flexibility index (Phi) is 3.66. The topological polar surface area (TPSA) is 85.2 Å². The number of ether oxygens (including phenoxy) is 1. The molecule has 0 aromatic carbocycles. The highest BCUT2D eigenvalue weighted by atomic mass is 16.5. The predicted octanol–water partition coefficient (Wildman–Crippen LogP) is 0.603. The summed E-state index contributed by atoms with van der Waals surface area (Å²) < 4.78 is 6.88. The molecule has 3 rings (SSSR count). The number of carbonyl (C=O) groups excluding carboxylic acids is 1. The van der Waals surface area contributed by atoms with Crippen molar-refractivity contribution in [3.63, 3.8) is 0 Å². The van der Waals surface area contributed by atoms with Gasteiger partial charge in [0.1, 0.15) is 0 Å². The highest BCUT2D eigenvalue weighted by Gasteiger charge is 2.40. The van der Waals surface area contributed by atoms with Crippen LogP contribution in [0.3, 0.4) is 0 Å². The fourth-order valence-electron chi connectivity index (χ4n) is 2.77. The second kappa shape index (κ2) is 5.63. The number of hydrogen-bond donors (Lipinski definition) is 1. The van der Waals surface area contributed by atoms with Crippen LogP contribution in [0.25, 0.3) is 0 Å². The van der Waals surface area contributed by atoms with Gasteiger partial charge in [0.15, 0.2) is 0 Å². The number of methoxy groups -OCH3 is 1. The first kappa shape index (κ1) is 14.3. The Morgan fingerprint density at radius 1 is 1.32 bits per heavy atom. The van der Waals surface area contributed by atoms with Crippen molar-refractivity contribution in [2.75, 3.05) is 19.5 Å². The van der Waals surface area contributed by atoms with Crippen LogP contribution in [0.15, 0.2) is 24.5 Å². The molecule has 0 aliphatic carbocycles. The van der Waals surface area contributed by atoms with Crippen molar-refractivity contribution in [1.82, 2.24) is 24.6 Å². The van der Waals surface area contributed by atoms with Gasteiger partial charge < -0.3 is 15.0 Å². The molecule has 0 radical (unpaired) electrons. The smallest absolute Gasteiger partial charge is 0.226 e. The van der Waals surface area contributed by atoms with E-state index in [9.17, 15) is 4.79 Å². The van der Waals surface area contributed by atoms with Crippen molar-refractivity contribution in [1.29, 1.82) is 0 Å². The van der Waals surface area contributed by atoms with Gasteiger partial charge in [-0.3, -0.25) is 9.48 Å². The maximum Gasteiger partial charge on any atom is 0.226 e. The third-order valence-corrected chi connectivity index (χ3v) is 3.90. The quantitative estimate of drug-likeness (QED) is 0.890. The Labute approximate surface area is 128 Å². The lowest BCUT2D eigenvalue weighted by Gasteiger charge is -2.25. The standard InChI is InChI=1S/C14H18N6O2/c1-19-12(21)8-9(13(19)10-4-7-16-20(10)2)17-14-15-6-5-11(18-14)22-3/h4-7,9,13H,8H2,1-3H3,(H,15,17,18)/t9-,13-/m1/s1. The van der Waals surface area contributed by atoms with E-state index in [0.717, 1.165) is 5.69 Å². The number of likely N-dealkylation sites (tertiary alicyclic amines) is 1. The molecule has 1 aliphatic rings. The van der Waals surface area contributed by atoms with Gasteiger partial charge in [0.05, 0.1) is 24.9 Å². The summed E-state index contributed by atoms with van der Waals surface area (Å²) in [5.74, 6) is 0.999. The first-order chi connectivity index (χ1) is 10.6. The number of carbonyl (C=O) groups is 1. The van der Waals surface area contributed by atoms with E-state index >= 15 is 0 Å². The molecule has 3 heterocycles. The second-order valence-corrected chi connectivity index (χ2v) is 5.21.